The molecular formula is C12H11ClO2S. The molecule has 0 radical (unpaired) electrons. The van der Waals surface area contributed by atoms with Gasteiger partial charge in [0.15, 0.2) is 0 Å². The van der Waals surface area contributed by atoms with Gasteiger partial charge in [0, 0.05) is 17.1 Å². The van der Waals surface area contributed by atoms with Gasteiger partial charge in [-0.1, -0.05) is 11.6 Å². The first-order valence-electron chi connectivity index (χ1n) is 4.70. The molecule has 0 aromatic heterocycles. The molecule has 1 aromatic carbocycles. The molecular weight excluding hydrogens is 244 g/mol. The van der Waals surface area contributed by atoms with Crippen LogP contribution in [0.5, 0.6) is 0 Å². The van der Waals surface area contributed by atoms with Gasteiger partial charge in [-0.3, -0.25) is 0 Å². The molecule has 1 N–H and O–H groups in total. The van der Waals surface area contributed by atoms with Crippen molar-refractivity contribution in [3.63, 3.8) is 0 Å². The van der Waals surface area contributed by atoms with E-state index >= 15 is 0 Å². The van der Waals surface area contributed by atoms with Crippen LogP contribution in [0.25, 0.3) is 0 Å². The fraction of sp³-hybridized carbons (Fsp3) is 0.250. The number of aromatic carboxylic acids is 1. The average molecular weight is 255 g/mol. The van der Waals surface area contributed by atoms with Crippen molar-refractivity contribution in [3.05, 3.63) is 28.8 Å². The van der Waals surface area contributed by atoms with Crippen LogP contribution in [0.4, 0.5) is 0 Å². The third-order valence-electron chi connectivity index (χ3n) is 1.84. The highest BCUT2D eigenvalue weighted by atomic mass is 35.5. The number of hydrogen-bond acceptors (Lipinski definition) is 2. The zero-order chi connectivity index (χ0) is 12.0. The Morgan fingerprint density at radius 3 is 2.94 bits per heavy atom. The van der Waals surface area contributed by atoms with E-state index in [1.165, 1.54) is 0 Å². The summed E-state index contributed by atoms with van der Waals surface area (Å²) < 4.78 is 0. The van der Waals surface area contributed by atoms with Crippen LogP contribution in [0.15, 0.2) is 23.1 Å². The van der Waals surface area contributed by atoms with E-state index in [1.54, 1.807) is 30.8 Å². The lowest BCUT2D eigenvalue weighted by molar-refractivity contribution is 0.0697. The fourth-order valence-corrected chi connectivity index (χ4v) is 2.11. The Morgan fingerprint density at radius 2 is 2.31 bits per heavy atom. The lowest BCUT2D eigenvalue weighted by Crippen LogP contribution is -1.97. The van der Waals surface area contributed by atoms with E-state index in [9.17, 15) is 4.79 Å². The highest BCUT2D eigenvalue weighted by Crippen LogP contribution is 2.24. The van der Waals surface area contributed by atoms with E-state index in [-0.39, 0.29) is 10.6 Å². The van der Waals surface area contributed by atoms with Crippen LogP contribution < -0.4 is 0 Å². The number of hydrogen-bond donors (Lipinski definition) is 1. The van der Waals surface area contributed by atoms with Crippen molar-refractivity contribution in [2.75, 3.05) is 5.75 Å². The molecule has 1 aromatic rings. The van der Waals surface area contributed by atoms with Gasteiger partial charge < -0.3 is 5.11 Å². The maximum Gasteiger partial charge on any atom is 0.337 e. The quantitative estimate of drug-likeness (QED) is 0.507. The molecule has 0 bridgehead atoms. The molecule has 0 heterocycles. The number of halogens is 1. The van der Waals surface area contributed by atoms with E-state index in [1.807, 2.05) is 6.07 Å². The first-order valence-corrected chi connectivity index (χ1v) is 6.06. The molecule has 2 nitrogen and oxygen atoms in total. The third kappa shape index (κ3) is 3.80. The molecule has 0 aliphatic rings. The Balaban J connectivity index is 2.70. The first-order chi connectivity index (χ1) is 7.65. The number of carboxylic acid groups (broad SMARTS) is 1. The molecule has 1 rings (SSSR count). The number of carbonyl (C=O) groups is 1. The van der Waals surface area contributed by atoms with Crippen molar-refractivity contribution in [2.24, 2.45) is 0 Å². The number of carboxylic acids is 1. The Labute approximate surface area is 104 Å². The van der Waals surface area contributed by atoms with Crippen molar-refractivity contribution in [3.8, 4) is 11.8 Å². The Bertz CT molecular complexity index is 446. The summed E-state index contributed by atoms with van der Waals surface area (Å²) in [5.41, 5.74) is 0.147. The van der Waals surface area contributed by atoms with Crippen LogP contribution >= 0.6 is 23.4 Å². The molecule has 0 unspecified atom stereocenters. The number of benzene rings is 1. The Hall–Kier alpha value is -1.11. The SMILES string of the molecule is CC#CCCSc1ccc(Cl)c(C(=O)O)c1. The van der Waals surface area contributed by atoms with Crippen LogP contribution in [-0.4, -0.2) is 16.8 Å². The van der Waals surface area contributed by atoms with Gasteiger partial charge in [-0.25, -0.2) is 4.79 Å². The van der Waals surface area contributed by atoms with Gasteiger partial charge in [-0.15, -0.1) is 23.6 Å². The molecule has 0 saturated carbocycles. The van der Waals surface area contributed by atoms with Crippen molar-refractivity contribution in [1.82, 2.24) is 0 Å². The fourth-order valence-electron chi connectivity index (χ4n) is 1.10. The van der Waals surface area contributed by atoms with Crippen LogP contribution in [0, 0.1) is 11.8 Å². The van der Waals surface area contributed by atoms with E-state index in [0.29, 0.717) is 0 Å². The van der Waals surface area contributed by atoms with Gasteiger partial charge in [0.25, 0.3) is 0 Å². The van der Waals surface area contributed by atoms with E-state index < -0.39 is 5.97 Å². The molecule has 84 valence electrons. The zero-order valence-corrected chi connectivity index (χ0v) is 10.4. The minimum Gasteiger partial charge on any atom is -0.478 e. The molecule has 16 heavy (non-hydrogen) atoms. The molecule has 0 saturated heterocycles. The van der Waals surface area contributed by atoms with Crippen LogP contribution in [0.3, 0.4) is 0 Å². The third-order valence-corrected chi connectivity index (χ3v) is 3.17. The summed E-state index contributed by atoms with van der Waals surface area (Å²) in [4.78, 5) is 11.7. The largest absolute Gasteiger partial charge is 0.478 e. The lowest BCUT2D eigenvalue weighted by Gasteiger charge is -2.02. The number of thioether (sulfide) groups is 1. The summed E-state index contributed by atoms with van der Waals surface area (Å²) in [5.74, 6) is 5.62. The maximum atomic E-state index is 10.8. The van der Waals surface area contributed by atoms with Crippen molar-refractivity contribution in [2.45, 2.75) is 18.2 Å². The number of rotatable bonds is 4. The Kier molecular flexibility index (Phi) is 5.24. The predicted octanol–water partition coefficient (Wildman–Crippen LogP) is 3.54. The maximum absolute atomic E-state index is 10.8. The molecule has 0 spiro atoms. The summed E-state index contributed by atoms with van der Waals surface area (Å²) in [6.07, 6.45) is 0.798. The van der Waals surface area contributed by atoms with Crippen molar-refractivity contribution < 1.29 is 9.90 Å². The van der Waals surface area contributed by atoms with Crippen molar-refractivity contribution >= 4 is 29.3 Å². The molecule has 0 aliphatic heterocycles. The van der Waals surface area contributed by atoms with E-state index in [0.717, 1.165) is 17.1 Å². The molecule has 0 fully saturated rings. The second-order valence-corrected chi connectivity index (χ2v) is 4.55. The highest BCUT2D eigenvalue weighted by Gasteiger charge is 2.09. The summed E-state index contributed by atoms with van der Waals surface area (Å²) in [7, 11) is 0. The minimum atomic E-state index is -0.999. The molecule has 0 atom stereocenters. The predicted molar refractivity (Wildman–Crippen MR) is 67.2 cm³/mol. The summed E-state index contributed by atoms with van der Waals surface area (Å²) in [5, 5.41) is 9.15. The molecule has 4 heteroatoms. The van der Waals surface area contributed by atoms with Crippen LogP contribution in [0.2, 0.25) is 5.02 Å². The molecule has 0 aliphatic carbocycles. The van der Waals surface area contributed by atoms with Gasteiger partial charge in [-0.05, 0) is 25.1 Å². The standard InChI is InChI=1S/C12H11ClO2S/c1-2-3-4-7-16-9-5-6-11(13)10(8-9)12(14)15/h5-6,8H,4,7H2,1H3,(H,14,15). The zero-order valence-electron chi connectivity index (χ0n) is 8.79. The van der Waals surface area contributed by atoms with Crippen LogP contribution in [0.1, 0.15) is 23.7 Å². The van der Waals surface area contributed by atoms with Gasteiger partial charge in [0.2, 0.25) is 0 Å². The van der Waals surface area contributed by atoms with Gasteiger partial charge in [0.1, 0.15) is 0 Å². The topological polar surface area (TPSA) is 37.3 Å². The summed E-state index contributed by atoms with van der Waals surface area (Å²) in [6.45, 7) is 1.80. The van der Waals surface area contributed by atoms with E-state index in [4.69, 9.17) is 16.7 Å². The van der Waals surface area contributed by atoms with Gasteiger partial charge >= 0.3 is 5.97 Å². The first kappa shape index (κ1) is 13.0. The minimum absolute atomic E-state index is 0.147. The van der Waals surface area contributed by atoms with Crippen molar-refractivity contribution in [1.29, 1.82) is 0 Å². The van der Waals surface area contributed by atoms with Crippen LogP contribution in [-0.2, 0) is 0 Å². The average Bonchev–Trinajstić information content (AvgIpc) is 2.26. The summed E-state index contributed by atoms with van der Waals surface area (Å²) in [6, 6.07) is 5.02. The van der Waals surface area contributed by atoms with E-state index in [2.05, 4.69) is 11.8 Å². The second-order valence-electron chi connectivity index (χ2n) is 2.97. The lowest BCUT2D eigenvalue weighted by atomic mass is 10.2. The smallest absolute Gasteiger partial charge is 0.337 e. The Morgan fingerprint density at radius 1 is 1.56 bits per heavy atom. The second kappa shape index (κ2) is 6.47. The van der Waals surface area contributed by atoms with Gasteiger partial charge in [0.05, 0.1) is 10.6 Å². The normalized spacial score (nSPS) is 9.38. The highest BCUT2D eigenvalue weighted by molar-refractivity contribution is 7.99. The summed E-state index contributed by atoms with van der Waals surface area (Å²) >= 11 is 7.34. The monoisotopic (exact) mass is 254 g/mol. The molecule has 0 amide bonds. The van der Waals surface area contributed by atoms with Gasteiger partial charge in [-0.2, -0.15) is 0 Å².